The Morgan fingerprint density at radius 3 is 2.87 bits per heavy atom. The van der Waals surface area contributed by atoms with Crippen LogP contribution in [-0.4, -0.2) is 17.9 Å². The molecule has 0 atom stereocenters. The molecule has 0 bridgehead atoms. The highest BCUT2D eigenvalue weighted by Gasteiger charge is 2.05. The van der Waals surface area contributed by atoms with Gasteiger partial charge in [0.05, 0.1) is 0 Å². The third-order valence-electron chi connectivity index (χ3n) is 1.99. The zero-order valence-electron chi connectivity index (χ0n) is 8.90. The fourth-order valence-corrected chi connectivity index (χ4v) is 1.47. The lowest BCUT2D eigenvalue weighted by atomic mass is 10.2. The molecule has 1 rings (SSSR count). The lowest BCUT2D eigenvalue weighted by molar-refractivity contribution is -0.125. The highest BCUT2D eigenvalue weighted by molar-refractivity contribution is 6.30. The van der Waals surface area contributed by atoms with Gasteiger partial charge in [-0.15, -0.1) is 0 Å². The Morgan fingerprint density at radius 2 is 2.27 bits per heavy atom. The number of hydrogen-bond acceptors (Lipinski definition) is 1. The van der Waals surface area contributed by atoms with Gasteiger partial charge < -0.3 is 4.90 Å². The molecule has 2 nitrogen and oxygen atoms in total. The van der Waals surface area contributed by atoms with Crippen molar-refractivity contribution >= 4 is 17.5 Å². The van der Waals surface area contributed by atoms with Crippen LogP contribution in [0.25, 0.3) is 0 Å². The van der Waals surface area contributed by atoms with Crippen LogP contribution in [0, 0.1) is 0 Å². The Hall–Kier alpha value is -1.28. The number of likely N-dealkylation sites (N-methyl/N-ethyl adjacent to an activating group) is 1. The van der Waals surface area contributed by atoms with Gasteiger partial charge in [0.1, 0.15) is 0 Å². The van der Waals surface area contributed by atoms with Crippen molar-refractivity contribution in [1.29, 1.82) is 0 Å². The number of carbonyl (C=O) groups excluding carboxylic acids is 1. The standard InChI is InChI=1S/C12H14ClNO/c1-3-5-12(15)14(2)9-10-6-4-7-11(13)8-10/h3-8H,9H2,1-2H3. The van der Waals surface area contributed by atoms with E-state index in [1.165, 1.54) is 0 Å². The third kappa shape index (κ3) is 3.76. The van der Waals surface area contributed by atoms with E-state index in [-0.39, 0.29) is 5.91 Å². The van der Waals surface area contributed by atoms with E-state index in [9.17, 15) is 4.79 Å². The van der Waals surface area contributed by atoms with Gasteiger partial charge in [0.2, 0.25) is 5.91 Å². The van der Waals surface area contributed by atoms with Gasteiger partial charge in [-0.1, -0.05) is 29.8 Å². The van der Waals surface area contributed by atoms with Crippen molar-refractivity contribution in [2.75, 3.05) is 7.05 Å². The van der Waals surface area contributed by atoms with Gasteiger partial charge >= 0.3 is 0 Å². The lowest BCUT2D eigenvalue weighted by Crippen LogP contribution is -2.24. The highest BCUT2D eigenvalue weighted by Crippen LogP contribution is 2.12. The molecule has 0 unspecified atom stereocenters. The van der Waals surface area contributed by atoms with E-state index in [0.29, 0.717) is 11.6 Å². The van der Waals surface area contributed by atoms with Crippen molar-refractivity contribution in [1.82, 2.24) is 4.90 Å². The van der Waals surface area contributed by atoms with Crippen LogP contribution in [0.3, 0.4) is 0 Å². The fraction of sp³-hybridized carbons (Fsp3) is 0.250. The fourth-order valence-electron chi connectivity index (χ4n) is 1.26. The molecule has 1 aromatic rings. The van der Waals surface area contributed by atoms with Crippen molar-refractivity contribution in [2.24, 2.45) is 0 Å². The van der Waals surface area contributed by atoms with E-state index in [1.807, 2.05) is 31.2 Å². The monoisotopic (exact) mass is 223 g/mol. The first-order valence-electron chi connectivity index (χ1n) is 4.75. The summed E-state index contributed by atoms with van der Waals surface area (Å²) >= 11 is 5.85. The third-order valence-corrected chi connectivity index (χ3v) is 2.23. The van der Waals surface area contributed by atoms with Crippen LogP contribution in [0.5, 0.6) is 0 Å². The molecule has 0 heterocycles. The van der Waals surface area contributed by atoms with Crippen LogP contribution in [0.2, 0.25) is 5.02 Å². The molecule has 15 heavy (non-hydrogen) atoms. The van der Waals surface area contributed by atoms with E-state index in [2.05, 4.69) is 0 Å². The molecule has 0 saturated heterocycles. The Bertz CT molecular complexity index is 374. The minimum absolute atomic E-state index is 0.00234. The Kier molecular flexibility index (Phi) is 4.37. The molecule has 0 N–H and O–H groups in total. The van der Waals surface area contributed by atoms with Crippen LogP contribution in [0.1, 0.15) is 12.5 Å². The highest BCUT2D eigenvalue weighted by atomic mass is 35.5. The van der Waals surface area contributed by atoms with Crippen LogP contribution in [0.15, 0.2) is 36.4 Å². The number of nitrogens with zero attached hydrogens (tertiary/aromatic N) is 1. The quantitative estimate of drug-likeness (QED) is 0.722. The molecular formula is C12H14ClNO. The first-order valence-corrected chi connectivity index (χ1v) is 5.13. The molecular weight excluding hydrogens is 210 g/mol. The number of allylic oxidation sites excluding steroid dienone is 1. The minimum atomic E-state index is -0.00234. The molecule has 0 aromatic heterocycles. The summed E-state index contributed by atoms with van der Waals surface area (Å²) in [5.41, 5.74) is 1.03. The number of rotatable bonds is 3. The summed E-state index contributed by atoms with van der Waals surface area (Å²) in [6, 6.07) is 7.51. The summed E-state index contributed by atoms with van der Waals surface area (Å²) in [5.74, 6) is -0.00234. The van der Waals surface area contributed by atoms with E-state index in [1.54, 1.807) is 24.1 Å². The first-order chi connectivity index (χ1) is 7.13. The SMILES string of the molecule is CC=CC(=O)N(C)Cc1cccc(Cl)c1. The average Bonchev–Trinajstić information content (AvgIpc) is 2.18. The molecule has 0 fully saturated rings. The smallest absolute Gasteiger partial charge is 0.246 e. The Morgan fingerprint density at radius 1 is 1.53 bits per heavy atom. The molecule has 1 aromatic carbocycles. The minimum Gasteiger partial charge on any atom is -0.338 e. The van der Waals surface area contributed by atoms with Gasteiger partial charge in [-0.2, -0.15) is 0 Å². The largest absolute Gasteiger partial charge is 0.338 e. The molecule has 80 valence electrons. The molecule has 0 aliphatic rings. The first kappa shape index (κ1) is 11.8. The molecule has 0 spiro atoms. The van der Waals surface area contributed by atoms with Crippen molar-refractivity contribution in [3.8, 4) is 0 Å². The van der Waals surface area contributed by atoms with Crippen LogP contribution >= 0.6 is 11.6 Å². The van der Waals surface area contributed by atoms with Gasteiger partial charge in [0, 0.05) is 18.6 Å². The normalized spacial score (nSPS) is 10.6. The van der Waals surface area contributed by atoms with E-state index in [0.717, 1.165) is 5.56 Å². The summed E-state index contributed by atoms with van der Waals surface area (Å²) in [4.78, 5) is 13.1. The van der Waals surface area contributed by atoms with Crippen molar-refractivity contribution in [3.63, 3.8) is 0 Å². The Balaban J connectivity index is 2.66. The number of amides is 1. The molecule has 3 heteroatoms. The summed E-state index contributed by atoms with van der Waals surface area (Å²) in [5, 5.41) is 0.694. The van der Waals surface area contributed by atoms with Crippen molar-refractivity contribution < 1.29 is 4.79 Å². The van der Waals surface area contributed by atoms with Gasteiger partial charge in [0.25, 0.3) is 0 Å². The van der Waals surface area contributed by atoms with Crippen LogP contribution < -0.4 is 0 Å². The van der Waals surface area contributed by atoms with Gasteiger partial charge in [-0.25, -0.2) is 0 Å². The second-order valence-corrected chi connectivity index (χ2v) is 3.76. The van der Waals surface area contributed by atoms with Crippen LogP contribution in [-0.2, 0) is 11.3 Å². The molecule has 0 aliphatic carbocycles. The molecule has 0 aliphatic heterocycles. The lowest BCUT2D eigenvalue weighted by Gasteiger charge is -2.15. The summed E-state index contributed by atoms with van der Waals surface area (Å²) in [7, 11) is 1.77. The zero-order valence-corrected chi connectivity index (χ0v) is 9.66. The van der Waals surface area contributed by atoms with Crippen molar-refractivity contribution in [3.05, 3.63) is 47.0 Å². The number of benzene rings is 1. The summed E-state index contributed by atoms with van der Waals surface area (Å²) in [6.07, 6.45) is 3.28. The number of hydrogen-bond donors (Lipinski definition) is 0. The summed E-state index contributed by atoms with van der Waals surface area (Å²) < 4.78 is 0. The van der Waals surface area contributed by atoms with E-state index in [4.69, 9.17) is 11.6 Å². The number of halogens is 1. The maximum Gasteiger partial charge on any atom is 0.246 e. The van der Waals surface area contributed by atoms with Gasteiger partial charge in [-0.05, 0) is 30.7 Å². The zero-order chi connectivity index (χ0) is 11.3. The molecule has 1 amide bonds. The Labute approximate surface area is 95.2 Å². The summed E-state index contributed by atoms with van der Waals surface area (Å²) in [6.45, 7) is 2.40. The van der Waals surface area contributed by atoms with Gasteiger partial charge in [0.15, 0.2) is 0 Å². The van der Waals surface area contributed by atoms with Crippen molar-refractivity contribution in [2.45, 2.75) is 13.5 Å². The average molecular weight is 224 g/mol. The van der Waals surface area contributed by atoms with Gasteiger partial charge in [-0.3, -0.25) is 4.79 Å². The number of carbonyl (C=O) groups is 1. The molecule has 0 radical (unpaired) electrons. The second kappa shape index (κ2) is 5.56. The predicted octanol–water partition coefficient (Wildman–Crippen LogP) is 2.87. The maximum absolute atomic E-state index is 11.4. The maximum atomic E-state index is 11.4. The topological polar surface area (TPSA) is 20.3 Å². The molecule has 0 saturated carbocycles. The predicted molar refractivity (Wildman–Crippen MR) is 62.7 cm³/mol. The van der Waals surface area contributed by atoms with E-state index < -0.39 is 0 Å². The van der Waals surface area contributed by atoms with E-state index >= 15 is 0 Å². The van der Waals surface area contributed by atoms with Crippen LogP contribution in [0.4, 0.5) is 0 Å². The second-order valence-electron chi connectivity index (χ2n) is 3.32.